The molecule has 5 nitrogen and oxygen atoms in total. The summed E-state index contributed by atoms with van der Waals surface area (Å²) in [6.07, 6.45) is 0. The number of hydrogen-bond donors (Lipinski definition) is 1. The number of amides is 1. The number of rotatable bonds is 7. The van der Waals surface area contributed by atoms with Crippen molar-refractivity contribution in [2.75, 3.05) is 20.8 Å². The summed E-state index contributed by atoms with van der Waals surface area (Å²) in [6.45, 7) is 1.69. The number of carbonyl (C=O) groups is 1. The maximum Gasteiger partial charge on any atom is 0.258 e. The van der Waals surface area contributed by atoms with Crippen LogP contribution in [0.1, 0.15) is 18.5 Å². The molecule has 0 radical (unpaired) electrons. The normalized spacial score (nSPS) is 11.6. The quantitative estimate of drug-likeness (QED) is 0.775. The van der Waals surface area contributed by atoms with Gasteiger partial charge in [0.15, 0.2) is 6.61 Å². The highest BCUT2D eigenvalue weighted by Gasteiger charge is 2.15. The van der Waals surface area contributed by atoms with E-state index in [1.807, 2.05) is 13.0 Å². The summed E-state index contributed by atoms with van der Waals surface area (Å²) >= 11 is 11.8. The van der Waals surface area contributed by atoms with Crippen molar-refractivity contribution in [3.05, 3.63) is 52.0 Å². The summed E-state index contributed by atoms with van der Waals surface area (Å²) in [5.41, 5.74) is 0.806. The van der Waals surface area contributed by atoms with E-state index in [2.05, 4.69) is 5.32 Å². The minimum Gasteiger partial charge on any atom is -0.497 e. The van der Waals surface area contributed by atoms with Crippen molar-refractivity contribution in [2.24, 2.45) is 0 Å². The SMILES string of the molecule is COc1ccc(OC)c(C(C)NC(=O)COc2cc(Cl)cc(Cl)c2)c1. The van der Waals surface area contributed by atoms with E-state index in [0.717, 1.165) is 5.56 Å². The molecule has 7 heteroatoms. The third-order valence-corrected chi connectivity index (χ3v) is 3.92. The fourth-order valence-corrected chi connectivity index (χ4v) is 2.81. The van der Waals surface area contributed by atoms with Crippen LogP contribution >= 0.6 is 23.2 Å². The van der Waals surface area contributed by atoms with Gasteiger partial charge < -0.3 is 19.5 Å². The van der Waals surface area contributed by atoms with Gasteiger partial charge in [0.05, 0.1) is 20.3 Å². The van der Waals surface area contributed by atoms with E-state index in [0.29, 0.717) is 27.3 Å². The molecule has 1 N–H and O–H groups in total. The lowest BCUT2D eigenvalue weighted by Gasteiger charge is -2.18. The average molecular weight is 384 g/mol. The standard InChI is InChI=1S/C18H19Cl2NO4/c1-11(16-9-14(23-2)4-5-17(16)24-3)21-18(22)10-25-15-7-12(19)6-13(20)8-15/h4-9,11H,10H2,1-3H3,(H,21,22). The third kappa shape index (κ3) is 5.44. The van der Waals surface area contributed by atoms with Crippen LogP contribution in [0.4, 0.5) is 0 Å². The molecule has 0 aliphatic heterocycles. The van der Waals surface area contributed by atoms with Gasteiger partial charge >= 0.3 is 0 Å². The van der Waals surface area contributed by atoms with E-state index in [1.165, 1.54) is 0 Å². The summed E-state index contributed by atoms with van der Waals surface area (Å²) in [6, 6.07) is 9.90. The van der Waals surface area contributed by atoms with E-state index < -0.39 is 0 Å². The van der Waals surface area contributed by atoms with Crippen molar-refractivity contribution in [3.8, 4) is 17.2 Å². The molecule has 0 aromatic heterocycles. The zero-order chi connectivity index (χ0) is 18.4. The Morgan fingerprint density at radius 1 is 1.04 bits per heavy atom. The van der Waals surface area contributed by atoms with Gasteiger partial charge in [0.2, 0.25) is 0 Å². The summed E-state index contributed by atoms with van der Waals surface area (Å²) < 4.78 is 16.0. The summed E-state index contributed by atoms with van der Waals surface area (Å²) in [5.74, 6) is 1.49. The Hall–Kier alpha value is -2.11. The Morgan fingerprint density at radius 2 is 1.72 bits per heavy atom. The van der Waals surface area contributed by atoms with Gasteiger partial charge in [-0.1, -0.05) is 23.2 Å². The van der Waals surface area contributed by atoms with Crippen LogP contribution in [-0.4, -0.2) is 26.7 Å². The first-order valence-electron chi connectivity index (χ1n) is 7.53. The molecule has 0 heterocycles. The molecule has 2 aromatic carbocycles. The second-order valence-electron chi connectivity index (χ2n) is 5.29. The minimum absolute atomic E-state index is 0.159. The van der Waals surface area contributed by atoms with Crippen LogP contribution in [0.5, 0.6) is 17.2 Å². The Bertz CT molecular complexity index is 732. The molecule has 1 unspecified atom stereocenters. The summed E-state index contributed by atoms with van der Waals surface area (Å²) in [4.78, 5) is 12.1. The molecule has 0 aliphatic rings. The van der Waals surface area contributed by atoms with Crippen molar-refractivity contribution >= 4 is 29.1 Å². The fourth-order valence-electron chi connectivity index (χ4n) is 2.30. The highest BCUT2D eigenvalue weighted by molar-refractivity contribution is 6.34. The largest absolute Gasteiger partial charge is 0.497 e. The lowest BCUT2D eigenvalue weighted by Crippen LogP contribution is -2.31. The molecular formula is C18H19Cl2NO4. The van der Waals surface area contributed by atoms with Gasteiger partial charge in [-0.25, -0.2) is 0 Å². The van der Waals surface area contributed by atoms with Gasteiger partial charge in [0.25, 0.3) is 5.91 Å². The number of benzene rings is 2. The Balaban J connectivity index is 2.00. The van der Waals surface area contributed by atoms with Crippen molar-refractivity contribution in [1.82, 2.24) is 5.32 Å². The number of ether oxygens (including phenoxy) is 3. The second kappa shape index (κ2) is 8.83. The highest BCUT2D eigenvalue weighted by Crippen LogP contribution is 2.29. The van der Waals surface area contributed by atoms with Gasteiger partial charge in [-0.15, -0.1) is 0 Å². The van der Waals surface area contributed by atoms with Gasteiger partial charge in [-0.2, -0.15) is 0 Å². The zero-order valence-electron chi connectivity index (χ0n) is 14.1. The van der Waals surface area contributed by atoms with Gasteiger partial charge in [-0.05, 0) is 43.3 Å². The molecule has 0 spiro atoms. The lowest BCUT2D eigenvalue weighted by atomic mass is 10.1. The minimum atomic E-state index is -0.288. The predicted molar refractivity (Wildman–Crippen MR) is 98.1 cm³/mol. The number of nitrogens with one attached hydrogen (secondary N) is 1. The summed E-state index contributed by atoms with van der Waals surface area (Å²) in [5, 5.41) is 3.74. The van der Waals surface area contributed by atoms with Crippen LogP contribution < -0.4 is 19.5 Å². The molecule has 1 atom stereocenters. The molecule has 1 amide bonds. The van der Waals surface area contributed by atoms with Gasteiger partial charge in [0.1, 0.15) is 17.2 Å². The van der Waals surface area contributed by atoms with Crippen molar-refractivity contribution < 1.29 is 19.0 Å². The number of carbonyl (C=O) groups excluding carboxylic acids is 1. The molecule has 0 bridgehead atoms. The predicted octanol–water partition coefficient (Wildman–Crippen LogP) is 4.27. The zero-order valence-corrected chi connectivity index (χ0v) is 15.6. The van der Waals surface area contributed by atoms with E-state index in [9.17, 15) is 4.79 Å². The van der Waals surface area contributed by atoms with Gasteiger partial charge in [-0.3, -0.25) is 4.79 Å². The highest BCUT2D eigenvalue weighted by atomic mass is 35.5. The second-order valence-corrected chi connectivity index (χ2v) is 6.16. The van der Waals surface area contributed by atoms with E-state index in [4.69, 9.17) is 37.4 Å². The Morgan fingerprint density at radius 3 is 2.32 bits per heavy atom. The van der Waals surface area contributed by atoms with Crippen molar-refractivity contribution in [2.45, 2.75) is 13.0 Å². The van der Waals surface area contributed by atoms with Crippen LogP contribution in [0.2, 0.25) is 10.0 Å². The van der Waals surface area contributed by atoms with Crippen LogP contribution in [0, 0.1) is 0 Å². The number of halogens is 2. The monoisotopic (exact) mass is 383 g/mol. The van der Waals surface area contributed by atoms with Crippen molar-refractivity contribution in [3.63, 3.8) is 0 Å². The Labute approximate surface area is 156 Å². The molecule has 25 heavy (non-hydrogen) atoms. The van der Waals surface area contributed by atoms with E-state index >= 15 is 0 Å². The summed E-state index contributed by atoms with van der Waals surface area (Å²) in [7, 11) is 3.16. The number of hydrogen-bond acceptors (Lipinski definition) is 4. The smallest absolute Gasteiger partial charge is 0.258 e. The van der Waals surface area contributed by atoms with Crippen LogP contribution in [0.3, 0.4) is 0 Å². The molecule has 0 fully saturated rings. The number of methoxy groups -OCH3 is 2. The molecule has 2 aromatic rings. The Kier molecular flexibility index (Phi) is 6.79. The maximum absolute atomic E-state index is 12.1. The lowest BCUT2D eigenvalue weighted by molar-refractivity contribution is -0.123. The average Bonchev–Trinajstić information content (AvgIpc) is 2.58. The van der Waals surface area contributed by atoms with Crippen LogP contribution in [0.25, 0.3) is 0 Å². The maximum atomic E-state index is 12.1. The van der Waals surface area contributed by atoms with E-state index in [1.54, 1.807) is 44.6 Å². The molecule has 2 rings (SSSR count). The molecular weight excluding hydrogens is 365 g/mol. The topological polar surface area (TPSA) is 56.8 Å². The molecule has 134 valence electrons. The molecule has 0 aliphatic carbocycles. The van der Waals surface area contributed by atoms with E-state index in [-0.39, 0.29) is 18.6 Å². The van der Waals surface area contributed by atoms with Crippen LogP contribution in [-0.2, 0) is 4.79 Å². The first-order chi connectivity index (χ1) is 11.9. The molecule has 0 saturated carbocycles. The van der Waals surface area contributed by atoms with Gasteiger partial charge in [0, 0.05) is 15.6 Å². The van der Waals surface area contributed by atoms with Crippen molar-refractivity contribution in [1.29, 1.82) is 0 Å². The first kappa shape index (κ1) is 19.2. The third-order valence-electron chi connectivity index (χ3n) is 3.49. The first-order valence-corrected chi connectivity index (χ1v) is 8.28. The van der Waals surface area contributed by atoms with Crippen LogP contribution in [0.15, 0.2) is 36.4 Å². The molecule has 0 saturated heterocycles. The fraction of sp³-hybridized carbons (Fsp3) is 0.278.